The molecule has 0 aromatic heterocycles. The molecule has 0 unspecified atom stereocenters. The van der Waals surface area contributed by atoms with E-state index in [0.29, 0.717) is 10.6 Å². The summed E-state index contributed by atoms with van der Waals surface area (Å²) in [6.45, 7) is 2.04. The summed E-state index contributed by atoms with van der Waals surface area (Å²) < 4.78 is 0.966. The average molecular weight is 286 g/mol. The maximum Gasteiger partial charge on any atom is 0.101 e. The Balaban J connectivity index is 2.49. The SMILES string of the molecule is N#Cc1ccc(Br)c(N2CCCC2)c1Cl. The molecule has 0 N–H and O–H groups in total. The van der Waals surface area contributed by atoms with E-state index in [1.165, 1.54) is 12.8 Å². The van der Waals surface area contributed by atoms with Gasteiger partial charge in [-0.15, -0.1) is 0 Å². The van der Waals surface area contributed by atoms with Gasteiger partial charge in [0.15, 0.2) is 0 Å². The molecule has 0 atom stereocenters. The Morgan fingerprint density at radius 1 is 1.33 bits per heavy atom. The van der Waals surface area contributed by atoms with Crippen LogP contribution in [0.2, 0.25) is 5.02 Å². The summed E-state index contributed by atoms with van der Waals surface area (Å²) in [5, 5.41) is 9.47. The topological polar surface area (TPSA) is 27.0 Å². The second-order valence-corrected chi connectivity index (χ2v) is 4.80. The minimum Gasteiger partial charge on any atom is -0.369 e. The standard InChI is InChI=1S/C11H10BrClN2/c12-9-4-3-8(7-14)10(13)11(9)15-5-1-2-6-15/h3-4H,1-2,5-6H2. The van der Waals surface area contributed by atoms with E-state index in [9.17, 15) is 0 Å². The van der Waals surface area contributed by atoms with Crippen LogP contribution in [0.3, 0.4) is 0 Å². The predicted octanol–water partition coefficient (Wildman–Crippen LogP) is 3.57. The normalized spacial score (nSPS) is 15.4. The summed E-state index contributed by atoms with van der Waals surface area (Å²) in [5.41, 5.74) is 1.51. The Hall–Kier alpha value is -0.720. The highest BCUT2D eigenvalue weighted by atomic mass is 79.9. The maximum absolute atomic E-state index is 8.91. The summed E-state index contributed by atoms with van der Waals surface area (Å²) in [7, 11) is 0. The molecule has 1 aliphatic heterocycles. The molecule has 15 heavy (non-hydrogen) atoms. The highest BCUT2D eigenvalue weighted by Gasteiger charge is 2.19. The largest absolute Gasteiger partial charge is 0.369 e. The van der Waals surface area contributed by atoms with Gasteiger partial charge < -0.3 is 4.90 Å². The first kappa shape index (κ1) is 10.8. The third-order valence-electron chi connectivity index (χ3n) is 2.61. The molecule has 1 heterocycles. The van der Waals surface area contributed by atoms with Gasteiger partial charge in [0.2, 0.25) is 0 Å². The van der Waals surface area contributed by atoms with E-state index in [2.05, 4.69) is 26.9 Å². The maximum atomic E-state index is 8.91. The lowest BCUT2D eigenvalue weighted by Crippen LogP contribution is -2.18. The molecule has 1 aliphatic rings. The van der Waals surface area contributed by atoms with Crippen LogP contribution in [-0.4, -0.2) is 13.1 Å². The van der Waals surface area contributed by atoms with Gasteiger partial charge >= 0.3 is 0 Å². The molecule has 1 fully saturated rings. The fourth-order valence-electron chi connectivity index (χ4n) is 1.86. The van der Waals surface area contributed by atoms with Gasteiger partial charge in [-0.2, -0.15) is 5.26 Å². The highest BCUT2D eigenvalue weighted by Crippen LogP contribution is 2.37. The van der Waals surface area contributed by atoms with Crippen LogP contribution in [0, 0.1) is 11.3 Å². The zero-order valence-corrected chi connectivity index (χ0v) is 10.5. The second-order valence-electron chi connectivity index (χ2n) is 3.56. The zero-order valence-electron chi connectivity index (χ0n) is 8.13. The lowest BCUT2D eigenvalue weighted by Gasteiger charge is -2.21. The van der Waals surface area contributed by atoms with Crippen molar-refractivity contribution >= 4 is 33.2 Å². The van der Waals surface area contributed by atoms with E-state index in [1.54, 1.807) is 6.07 Å². The van der Waals surface area contributed by atoms with E-state index in [0.717, 1.165) is 23.2 Å². The number of hydrogen-bond donors (Lipinski definition) is 0. The van der Waals surface area contributed by atoms with Crippen molar-refractivity contribution in [1.82, 2.24) is 0 Å². The van der Waals surface area contributed by atoms with Gasteiger partial charge in [0.1, 0.15) is 6.07 Å². The van der Waals surface area contributed by atoms with Crippen molar-refractivity contribution < 1.29 is 0 Å². The fourth-order valence-corrected chi connectivity index (χ4v) is 2.88. The number of anilines is 1. The van der Waals surface area contributed by atoms with Crippen molar-refractivity contribution in [2.45, 2.75) is 12.8 Å². The van der Waals surface area contributed by atoms with Crippen molar-refractivity contribution in [2.75, 3.05) is 18.0 Å². The first-order chi connectivity index (χ1) is 7.24. The molecule has 4 heteroatoms. The third kappa shape index (κ3) is 1.97. The molecular formula is C11H10BrClN2. The van der Waals surface area contributed by atoms with Crippen molar-refractivity contribution in [1.29, 1.82) is 5.26 Å². The van der Waals surface area contributed by atoms with E-state index >= 15 is 0 Å². The van der Waals surface area contributed by atoms with Crippen LogP contribution in [0.4, 0.5) is 5.69 Å². The average Bonchev–Trinajstić information content (AvgIpc) is 2.71. The Labute approximate surface area is 103 Å². The number of benzene rings is 1. The van der Waals surface area contributed by atoms with Crippen molar-refractivity contribution in [3.05, 3.63) is 27.2 Å². The van der Waals surface area contributed by atoms with Gasteiger partial charge in [-0.3, -0.25) is 0 Å². The van der Waals surface area contributed by atoms with Gasteiger partial charge in [-0.25, -0.2) is 0 Å². The number of halogens is 2. The number of hydrogen-bond acceptors (Lipinski definition) is 2. The van der Waals surface area contributed by atoms with E-state index < -0.39 is 0 Å². The van der Waals surface area contributed by atoms with Crippen LogP contribution in [-0.2, 0) is 0 Å². The summed E-state index contributed by atoms with van der Waals surface area (Å²) in [6, 6.07) is 5.74. The monoisotopic (exact) mass is 284 g/mol. The van der Waals surface area contributed by atoms with Crippen molar-refractivity contribution in [3.8, 4) is 6.07 Å². The van der Waals surface area contributed by atoms with Crippen LogP contribution in [0.15, 0.2) is 16.6 Å². The Kier molecular flexibility index (Phi) is 3.18. The first-order valence-corrected chi connectivity index (χ1v) is 6.04. The Bertz CT molecular complexity index is 419. The predicted molar refractivity (Wildman–Crippen MR) is 65.3 cm³/mol. The first-order valence-electron chi connectivity index (χ1n) is 4.87. The Morgan fingerprint density at radius 3 is 2.60 bits per heavy atom. The van der Waals surface area contributed by atoms with Crippen LogP contribution < -0.4 is 4.90 Å². The van der Waals surface area contributed by atoms with E-state index in [1.807, 2.05) is 6.07 Å². The lowest BCUT2D eigenvalue weighted by molar-refractivity contribution is 0.949. The van der Waals surface area contributed by atoms with Gasteiger partial charge in [0.25, 0.3) is 0 Å². The quantitative estimate of drug-likeness (QED) is 0.788. The number of nitrogens with zero attached hydrogens (tertiary/aromatic N) is 2. The van der Waals surface area contributed by atoms with E-state index in [4.69, 9.17) is 16.9 Å². The minimum absolute atomic E-state index is 0.543. The smallest absolute Gasteiger partial charge is 0.101 e. The third-order valence-corrected chi connectivity index (χ3v) is 3.63. The van der Waals surface area contributed by atoms with Gasteiger partial charge in [-0.1, -0.05) is 11.6 Å². The number of nitriles is 1. The Morgan fingerprint density at radius 2 is 2.00 bits per heavy atom. The van der Waals surface area contributed by atoms with E-state index in [-0.39, 0.29) is 0 Å². The highest BCUT2D eigenvalue weighted by molar-refractivity contribution is 9.10. The zero-order chi connectivity index (χ0) is 10.8. The second kappa shape index (κ2) is 4.42. The summed E-state index contributed by atoms with van der Waals surface area (Å²) >= 11 is 9.69. The van der Waals surface area contributed by atoms with Gasteiger partial charge in [0.05, 0.1) is 16.3 Å². The van der Waals surface area contributed by atoms with Crippen LogP contribution >= 0.6 is 27.5 Å². The van der Waals surface area contributed by atoms with Gasteiger partial charge in [0, 0.05) is 17.6 Å². The fraction of sp³-hybridized carbons (Fsp3) is 0.364. The van der Waals surface area contributed by atoms with Crippen LogP contribution in [0.25, 0.3) is 0 Å². The number of rotatable bonds is 1. The molecule has 0 aliphatic carbocycles. The molecule has 0 bridgehead atoms. The molecule has 0 saturated carbocycles. The minimum atomic E-state index is 0.543. The summed E-state index contributed by atoms with van der Waals surface area (Å²) in [4.78, 5) is 2.23. The molecule has 2 nitrogen and oxygen atoms in total. The molecule has 1 aromatic rings. The summed E-state index contributed by atoms with van der Waals surface area (Å²) in [5.74, 6) is 0. The van der Waals surface area contributed by atoms with Crippen LogP contribution in [0.5, 0.6) is 0 Å². The molecule has 0 amide bonds. The van der Waals surface area contributed by atoms with Crippen LogP contribution in [0.1, 0.15) is 18.4 Å². The molecule has 1 aromatic carbocycles. The van der Waals surface area contributed by atoms with Gasteiger partial charge in [-0.05, 0) is 40.9 Å². The summed E-state index contributed by atoms with van der Waals surface area (Å²) in [6.07, 6.45) is 2.39. The molecule has 0 radical (unpaired) electrons. The lowest BCUT2D eigenvalue weighted by atomic mass is 10.2. The molecule has 78 valence electrons. The molecule has 0 spiro atoms. The van der Waals surface area contributed by atoms with Crippen molar-refractivity contribution in [2.24, 2.45) is 0 Å². The van der Waals surface area contributed by atoms with Crippen molar-refractivity contribution in [3.63, 3.8) is 0 Å². The molecular weight excluding hydrogens is 275 g/mol. The molecule has 2 rings (SSSR count). The molecule has 1 saturated heterocycles.